The van der Waals surface area contributed by atoms with Crippen LogP contribution in [0.15, 0.2) is 0 Å². The highest BCUT2D eigenvalue weighted by Crippen LogP contribution is 2.15. The van der Waals surface area contributed by atoms with Gasteiger partial charge in [-0.3, -0.25) is 9.59 Å². The maximum absolute atomic E-state index is 10.3. The number of aliphatic carboxylic acids is 3. The molecule has 0 aliphatic carbocycles. The predicted octanol–water partition coefficient (Wildman–Crippen LogP) is -0.947. The van der Waals surface area contributed by atoms with Crippen molar-refractivity contribution in [2.24, 2.45) is 0 Å². The maximum atomic E-state index is 10.3. The van der Waals surface area contributed by atoms with E-state index in [1.165, 1.54) is 0 Å². The van der Waals surface area contributed by atoms with Crippen molar-refractivity contribution in [2.45, 2.75) is 18.4 Å². The van der Waals surface area contributed by atoms with Gasteiger partial charge >= 0.3 is 17.9 Å². The molecule has 0 atom stereocenters. The molecular formula is C7H12N2O7. The summed E-state index contributed by atoms with van der Waals surface area (Å²) in [7, 11) is 0. The monoisotopic (exact) mass is 236 g/mol. The van der Waals surface area contributed by atoms with Crippen LogP contribution in [0.5, 0.6) is 0 Å². The molecule has 9 heteroatoms. The Morgan fingerprint density at radius 1 is 1.00 bits per heavy atom. The number of rotatable bonds is 5. The molecule has 0 aromatic heterocycles. The number of nitrogens with zero attached hydrogens (tertiary/aromatic N) is 1. The Labute approximate surface area is 90.1 Å². The minimum atomic E-state index is -2.74. The summed E-state index contributed by atoms with van der Waals surface area (Å²) in [6.45, 7) is 3.50. The quantitative estimate of drug-likeness (QED) is 0.400. The molecule has 0 saturated heterocycles. The molecule has 0 spiro atoms. The van der Waals surface area contributed by atoms with Crippen LogP contribution in [0.25, 0.3) is 0 Å². The summed E-state index contributed by atoms with van der Waals surface area (Å²) in [6, 6.07) is 0. The topological polar surface area (TPSA) is 191 Å². The molecule has 92 valence electrons. The van der Waals surface area contributed by atoms with Gasteiger partial charge in [-0.15, -0.1) is 0 Å². The zero-order valence-electron chi connectivity index (χ0n) is 8.16. The average molecular weight is 236 g/mol. The average Bonchev–Trinajstić information content (AvgIpc) is 2.04. The molecule has 0 rings (SSSR count). The van der Waals surface area contributed by atoms with Crippen LogP contribution in [-0.2, 0) is 14.4 Å². The largest absolute Gasteiger partial charge is 0.481 e. The van der Waals surface area contributed by atoms with Gasteiger partial charge in [0.1, 0.15) is 0 Å². The van der Waals surface area contributed by atoms with E-state index in [2.05, 4.69) is 6.57 Å². The van der Waals surface area contributed by atoms with Crippen molar-refractivity contribution in [3.05, 3.63) is 0 Å². The number of carboxylic acid groups (broad SMARTS) is 3. The van der Waals surface area contributed by atoms with Gasteiger partial charge in [-0.1, -0.05) is 0 Å². The number of aliphatic hydroxyl groups is 1. The third-order valence-electron chi connectivity index (χ3n) is 1.29. The highest BCUT2D eigenvalue weighted by atomic mass is 16.4. The van der Waals surface area contributed by atoms with Crippen LogP contribution in [0.2, 0.25) is 0 Å². The zero-order valence-corrected chi connectivity index (χ0v) is 8.16. The summed E-state index contributed by atoms with van der Waals surface area (Å²) < 4.78 is 0. The standard InChI is InChI=1S/C6H8O7.CHN.H3N/c7-3(8)1-6(13,5(11)12)2-4(9)10;1-2;/h13H,1-2H2,(H,7,8)(H,9,10)(H,11,12);1H;1H3. The molecule has 0 bridgehead atoms. The molecule has 0 aliphatic rings. The van der Waals surface area contributed by atoms with Crippen LogP contribution in [0.1, 0.15) is 12.8 Å². The predicted molar refractivity (Wildman–Crippen MR) is 48.8 cm³/mol. The van der Waals surface area contributed by atoms with Crippen LogP contribution < -0.4 is 6.15 Å². The summed E-state index contributed by atoms with van der Waals surface area (Å²) in [5.74, 6) is -5.02. The highest BCUT2D eigenvalue weighted by Gasteiger charge is 2.40. The Morgan fingerprint density at radius 3 is 1.38 bits per heavy atom. The first kappa shape index (κ1) is 19.4. The van der Waals surface area contributed by atoms with Gasteiger partial charge < -0.3 is 26.6 Å². The molecule has 0 radical (unpaired) electrons. The molecule has 0 fully saturated rings. The Morgan fingerprint density at radius 2 is 1.25 bits per heavy atom. The van der Waals surface area contributed by atoms with E-state index in [1.54, 1.807) is 0 Å². The molecule has 16 heavy (non-hydrogen) atoms. The van der Waals surface area contributed by atoms with Gasteiger partial charge in [0.25, 0.3) is 0 Å². The van der Waals surface area contributed by atoms with Gasteiger partial charge in [-0.25, -0.2) is 10.1 Å². The summed E-state index contributed by atoms with van der Waals surface area (Å²) in [5.41, 5.74) is -2.74. The van der Waals surface area contributed by atoms with Crippen molar-refractivity contribution < 1.29 is 34.8 Å². The molecule has 0 aromatic carbocycles. The van der Waals surface area contributed by atoms with Crippen LogP contribution in [-0.4, -0.2) is 43.9 Å². The Balaban J connectivity index is -0.000000529. The van der Waals surface area contributed by atoms with Crippen molar-refractivity contribution in [3.8, 4) is 6.57 Å². The van der Waals surface area contributed by atoms with Gasteiger partial charge in [0, 0.05) is 6.57 Å². The summed E-state index contributed by atoms with van der Waals surface area (Å²) in [6.07, 6.45) is -2.29. The smallest absolute Gasteiger partial charge is 0.336 e. The number of carboxylic acids is 3. The molecule has 0 aliphatic heterocycles. The van der Waals surface area contributed by atoms with E-state index in [9.17, 15) is 14.4 Å². The first-order valence-electron chi connectivity index (χ1n) is 3.43. The zero-order chi connectivity index (χ0) is 12.6. The minimum Gasteiger partial charge on any atom is -0.481 e. The lowest BCUT2D eigenvalue weighted by Crippen LogP contribution is -2.42. The van der Waals surface area contributed by atoms with Crippen LogP contribution in [0, 0.1) is 11.8 Å². The second-order valence-corrected chi connectivity index (χ2v) is 2.48. The van der Waals surface area contributed by atoms with Crippen molar-refractivity contribution in [1.82, 2.24) is 6.15 Å². The highest BCUT2D eigenvalue weighted by molar-refractivity contribution is 5.88. The fourth-order valence-electron chi connectivity index (χ4n) is 0.714. The lowest BCUT2D eigenvalue weighted by Gasteiger charge is -2.18. The van der Waals surface area contributed by atoms with Gasteiger partial charge in [0.05, 0.1) is 12.8 Å². The normalized spacial score (nSPS) is 8.94. The summed E-state index contributed by atoms with van der Waals surface area (Å²) in [5, 5.41) is 40.3. The molecular weight excluding hydrogens is 224 g/mol. The Kier molecular flexibility index (Phi) is 9.89. The van der Waals surface area contributed by atoms with Crippen LogP contribution >= 0.6 is 0 Å². The van der Waals surface area contributed by atoms with Gasteiger partial charge in [-0.2, -0.15) is 0 Å². The van der Waals surface area contributed by atoms with E-state index in [1.807, 2.05) is 0 Å². The number of hydrogen-bond acceptors (Lipinski definition) is 6. The summed E-state index contributed by atoms with van der Waals surface area (Å²) >= 11 is 0. The second kappa shape index (κ2) is 8.16. The van der Waals surface area contributed by atoms with E-state index in [0.717, 1.165) is 0 Å². The van der Waals surface area contributed by atoms with Crippen LogP contribution in [0.4, 0.5) is 0 Å². The first-order valence-corrected chi connectivity index (χ1v) is 3.43. The molecule has 0 saturated carbocycles. The molecule has 0 aromatic rings. The third kappa shape index (κ3) is 7.25. The summed E-state index contributed by atoms with van der Waals surface area (Å²) in [4.78, 5) is 30.5. The number of hydrogen-bond donors (Lipinski definition) is 5. The molecule has 0 unspecified atom stereocenters. The fourth-order valence-corrected chi connectivity index (χ4v) is 0.714. The lowest BCUT2D eigenvalue weighted by molar-refractivity contribution is -0.170. The fraction of sp³-hybridized carbons (Fsp3) is 0.429. The van der Waals surface area contributed by atoms with Crippen molar-refractivity contribution in [3.63, 3.8) is 0 Å². The molecule has 9 nitrogen and oxygen atoms in total. The second-order valence-electron chi connectivity index (χ2n) is 2.48. The van der Waals surface area contributed by atoms with E-state index in [0.29, 0.717) is 0 Å². The van der Waals surface area contributed by atoms with Gasteiger partial charge in [0.2, 0.25) is 0 Å². The molecule has 7 N–H and O–H groups in total. The SMILES string of the molecule is C#N.N.O=C(O)CC(O)(CC(=O)O)C(=O)O. The minimum absolute atomic E-state index is 0. The van der Waals surface area contributed by atoms with Crippen molar-refractivity contribution in [2.75, 3.05) is 0 Å². The van der Waals surface area contributed by atoms with Crippen LogP contribution in [0.3, 0.4) is 0 Å². The molecule has 0 amide bonds. The van der Waals surface area contributed by atoms with Gasteiger partial charge in [-0.05, 0) is 0 Å². The Hall–Kier alpha value is -2.18. The third-order valence-corrected chi connectivity index (χ3v) is 1.29. The maximum Gasteiger partial charge on any atom is 0.336 e. The van der Waals surface area contributed by atoms with E-state index in [4.69, 9.17) is 25.7 Å². The number of nitriles is 1. The van der Waals surface area contributed by atoms with E-state index < -0.39 is 36.4 Å². The van der Waals surface area contributed by atoms with Crippen molar-refractivity contribution >= 4 is 17.9 Å². The van der Waals surface area contributed by atoms with E-state index >= 15 is 0 Å². The lowest BCUT2D eigenvalue weighted by atomic mass is 9.96. The number of carbonyl (C=O) groups is 3. The van der Waals surface area contributed by atoms with Gasteiger partial charge in [0.15, 0.2) is 5.60 Å². The molecule has 0 heterocycles. The first-order chi connectivity index (χ1) is 6.78. The van der Waals surface area contributed by atoms with E-state index in [-0.39, 0.29) is 6.15 Å². The van der Waals surface area contributed by atoms with Crippen molar-refractivity contribution in [1.29, 1.82) is 5.26 Å². The Bertz CT molecular complexity index is 270.